The number of benzene rings is 1. The minimum atomic E-state index is -4.77. The van der Waals surface area contributed by atoms with Gasteiger partial charge in [-0.2, -0.15) is 13.2 Å². The molecule has 11 heteroatoms. The largest absolute Gasteiger partial charge is 0.417 e. The Balaban J connectivity index is 1.98. The molecule has 148 valence electrons. The fourth-order valence-corrected chi connectivity index (χ4v) is 4.22. The number of amides is 1. The first kappa shape index (κ1) is 21.7. The van der Waals surface area contributed by atoms with Crippen molar-refractivity contribution in [1.29, 1.82) is 0 Å². The van der Waals surface area contributed by atoms with E-state index in [-0.39, 0.29) is 18.9 Å². The van der Waals surface area contributed by atoms with Crippen LogP contribution in [0.1, 0.15) is 16.9 Å². The lowest BCUT2D eigenvalue weighted by molar-refractivity contribution is -0.137. The van der Waals surface area contributed by atoms with Gasteiger partial charge in [-0.15, -0.1) is 11.3 Å². The van der Waals surface area contributed by atoms with Crippen LogP contribution in [0, 0.1) is 0 Å². The zero-order chi connectivity index (χ0) is 20.2. The summed E-state index contributed by atoms with van der Waals surface area (Å²) in [7, 11) is -2.62. The van der Waals surface area contributed by atoms with Crippen LogP contribution < -0.4 is 4.72 Å². The van der Waals surface area contributed by atoms with Gasteiger partial charge in [0.05, 0.1) is 22.0 Å². The minimum absolute atomic E-state index is 0.124. The SMILES string of the molecule is CN(Cc1cccs1)C(=O)CCNS(=O)(=O)c1ccc(Cl)c(C(F)(F)F)c1. The maximum Gasteiger partial charge on any atom is 0.417 e. The van der Waals surface area contributed by atoms with Gasteiger partial charge in [0.2, 0.25) is 15.9 Å². The second-order valence-electron chi connectivity index (χ2n) is 5.62. The lowest BCUT2D eigenvalue weighted by atomic mass is 10.2. The van der Waals surface area contributed by atoms with Crippen LogP contribution in [0.15, 0.2) is 40.6 Å². The minimum Gasteiger partial charge on any atom is -0.341 e. The summed E-state index contributed by atoms with van der Waals surface area (Å²) in [4.78, 5) is 13.9. The summed E-state index contributed by atoms with van der Waals surface area (Å²) in [6, 6.07) is 6.04. The molecule has 5 nitrogen and oxygen atoms in total. The van der Waals surface area contributed by atoms with E-state index in [0.29, 0.717) is 12.6 Å². The molecule has 1 aromatic heterocycles. The van der Waals surface area contributed by atoms with Crippen molar-refractivity contribution in [2.75, 3.05) is 13.6 Å². The molecule has 0 unspecified atom stereocenters. The second kappa shape index (κ2) is 8.59. The average Bonchev–Trinajstić information content (AvgIpc) is 3.06. The third-order valence-corrected chi connectivity index (χ3v) is 6.23. The molecule has 0 aliphatic heterocycles. The monoisotopic (exact) mass is 440 g/mol. The number of alkyl halides is 3. The van der Waals surface area contributed by atoms with Crippen LogP contribution in [0.4, 0.5) is 13.2 Å². The lowest BCUT2D eigenvalue weighted by Gasteiger charge is -2.16. The molecule has 0 saturated heterocycles. The first-order valence-corrected chi connectivity index (χ1v) is 10.4. The van der Waals surface area contributed by atoms with Gasteiger partial charge in [-0.3, -0.25) is 4.79 Å². The summed E-state index contributed by atoms with van der Waals surface area (Å²) in [6.45, 7) is 0.162. The van der Waals surface area contributed by atoms with Crippen LogP contribution in [0.2, 0.25) is 5.02 Å². The van der Waals surface area contributed by atoms with Crippen LogP contribution in [-0.2, 0) is 27.5 Å². The van der Waals surface area contributed by atoms with Gasteiger partial charge in [-0.1, -0.05) is 17.7 Å². The number of carbonyl (C=O) groups excluding carboxylic acids is 1. The smallest absolute Gasteiger partial charge is 0.341 e. The van der Waals surface area contributed by atoms with Crippen LogP contribution in [0.3, 0.4) is 0 Å². The highest BCUT2D eigenvalue weighted by molar-refractivity contribution is 7.89. The molecular weight excluding hydrogens is 425 g/mol. The Morgan fingerprint density at radius 3 is 2.59 bits per heavy atom. The first-order valence-electron chi connectivity index (χ1n) is 7.63. The van der Waals surface area contributed by atoms with Crippen LogP contribution in [0.25, 0.3) is 0 Å². The molecule has 1 heterocycles. The van der Waals surface area contributed by atoms with E-state index in [0.717, 1.165) is 17.0 Å². The standard InChI is InChI=1S/C16H16ClF3N2O3S2/c1-22(10-11-3-2-8-26-11)15(23)6-7-21-27(24,25)12-4-5-14(17)13(9-12)16(18,19)20/h2-5,8-9,21H,6-7,10H2,1H3. The summed E-state index contributed by atoms with van der Waals surface area (Å²) in [5.41, 5.74) is -1.24. The Kier molecular flexibility index (Phi) is 6.90. The Morgan fingerprint density at radius 1 is 1.30 bits per heavy atom. The van der Waals surface area contributed by atoms with Gasteiger partial charge >= 0.3 is 6.18 Å². The molecule has 27 heavy (non-hydrogen) atoms. The molecule has 0 spiro atoms. The van der Waals surface area contributed by atoms with E-state index < -0.39 is 31.7 Å². The predicted octanol–water partition coefficient (Wildman–Crippen LogP) is 3.75. The number of thiophene rings is 1. The van der Waals surface area contributed by atoms with Crippen molar-refractivity contribution in [2.45, 2.75) is 24.0 Å². The molecule has 2 aromatic rings. The van der Waals surface area contributed by atoms with Gasteiger partial charge in [-0.05, 0) is 29.6 Å². The fraction of sp³-hybridized carbons (Fsp3) is 0.312. The number of nitrogens with zero attached hydrogens (tertiary/aromatic N) is 1. The molecule has 0 fully saturated rings. The Hall–Kier alpha value is -1.62. The number of rotatable bonds is 7. The molecule has 2 rings (SSSR count). The highest BCUT2D eigenvalue weighted by Crippen LogP contribution is 2.35. The quantitative estimate of drug-likeness (QED) is 0.713. The van der Waals surface area contributed by atoms with Gasteiger partial charge in [-0.25, -0.2) is 13.1 Å². The molecule has 0 radical (unpaired) electrons. The van der Waals surface area contributed by atoms with Crippen molar-refractivity contribution < 1.29 is 26.4 Å². The third-order valence-electron chi connectivity index (χ3n) is 3.58. The van der Waals surface area contributed by atoms with E-state index in [4.69, 9.17) is 11.6 Å². The van der Waals surface area contributed by atoms with Crippen LogP contribution in [0.5, 0.6) is 0 Å². The Morgan fingerprint density at radius 2 is 2.00 bits per heavy atom. The topological polar surface area (TPSA) is 66.5 Å². The number of hydrogen-bond acceptors (Lipinski definition) is 4. The molecule has 0 atom stereocenters. The maximum absolute atomic E-state index is 12.9. The van der Waals surface area contributed by atoms with Crippen LogP contribution >= 0.6 is 22.9 Å². The maximum atomic E-state index is 12.9. The number of nitrogens with one attached hydrogen (secondary N) is 1. The van der Waals surface area contributed by atoms with Crippen molar-refractivity contribution in [3.63, 3.8) is 0 Å². The molecule has 1 amide bonds. The van der Waals surface area contributed by atoms with E-state index in [1.54, 1.807) is 7.05 Å². The molecule has 1 aromatic carbocycles. The number of hydrogen-bond donors (Lipinski definition) is 1. The van der Waals surface area contributed by atoms with Crippen molar-refractivity contribution in [1.82, 2.24) is 9.62 Å². The molecule has 0 saturated carbocycles. The summed E-state index contributed by atoms with van der Waals surface area (Å²) in [6.07, 6.45) is -4.90. The first-order chi connectivity index (χ1) is 12.5. The highest BCUT2D eigenvalue weighted by atomic mass is 35.5. The zero-order valence-electron chi connectivity index (χ0n) is 14.1. The van der Waals surface area contributed by atoms with Gasteiger partial charge in [0.25, 0.3) is 0 Å². The highest BCUT2D eigenvalue weighted by Gasteiger charge is 2.34. The third kappa shape index (κ3) is 5.93. The van der Waals surface area contributed by atoms with Crippen molar-refractivity contribution >= 4 is 38.9 Å². The fourth-order valence-electron chi connectivity index (χ4n) is 2.18. The summed E-state index contributed by atoms with van der Waals surface area (Å²) >= 11 is 6.98. The zero-order valence-corrected chi connectivity index (χ0v) is 16.5. The van der Waals surface area contributed by atoms with Crippen molar-refractivity contribution in [3.8, 4) is 0 Å². The van der Waals surface area contributed by atoms with E-state index >= 15 is 0 Å². The van der Waals surface area contributed by atoms with Gasteiger partial charge in [0.1, 0.15) is 0 Å². The molecule has 0 aliphatic carbocycles. The summed E-state index contributed by atoms with van der Waals surface area (Å²) in [5, 5.41) is 1.29. The Bertz CT molecular complexity index is 900. The van der Waals surface area contributed by atoms with Gasteiger partial charge in [0.15, 0.2) is 0 Å². The van der Waals surface area contributed by atoms with E-state index in [9.17, 15) is 26.4 Å². The Labute approximate surface area is 163 Å². The summed E-state index contributed by atoms with van der Waals surface area (Å²) < 4.78 is 65.1. The van der Waals surface area contributed by atoms with Crippen molar-refractivity contribution in [2.24, 2.45) is 0 Å². The molecule has 1 N–H and O–H groups in total. The van der Waals surface area contributed by atoms with Crippen LogP contribution in [-0.4, -0.2) is 32.8 Å². The van der Waals surface area contributed by atoms with E-state index in [2.05, 4.69) is 4.72 Å². The lowest BCUT2D eigenvalue weighted by Crippen LogP contribution is -2.31. The molecule has 0 aliphatic rings. The predicted molar refractivity (Wildman–Crippen MR) is 97.1 cm³/mol. The number of halogens is 4. The number of sulfonamides is 1. The average molecular weight is 441 g/mol. The number of carbonyl (C=O) groups is 1. The summed E-state index contributed by atoms with van der Waals surface area (Å²) in [5.74, 6) is -0.293. The van der Waals surface area contributed by atoms with E-state index in [1.807, 2.05) is 17.5 Å². The second-order valence-corrected chi connectivity index (χ2v) is 8.82. The molecular formula is C16H16ClF3N2O3S2. The van der Waals surface area contributed by atoms with E-state index in [1.165, 1.54) is 16.2 Å². The van der Waals surface area contributed by atoms with Crippen molar-refractivity contribution in [3.05, 3.63) is 51.2 Å². The normalized spacial score (nSPS) is 12.2. The van der Waals surface area contributed by atoms with Gasteiger partial charge < -0.3 is 4.90 Å². The van der Waals surface area contributed by atoms with Gasteiger partial charge in [0, 0.05) is 24.9 Å². The molecule has 0 bridgehead atoms.